The molecule has 2 aliphatic heterocycles. The summed E-state index contributed by atoms with van der Waals surface area (Å²) in [5, 5.41) is 4.31. The Morgan fingerprint density at radius 2 is 2.00 bits per heavy atom. The van der Waals surface area contributed by atoms with Crippen molar-refractivity contribution in [3.63, 3.8) is 0 Å². The molecule has 0 radical (unpaired) electrons. The first-order valence-electron chi connectivity index (χ1n) is 8.61. The van der Waals surface area contributed by atoms with E-state index in [4.69, 9.17) is 4.74 Å². The molecule has 3 atom stereocenters. The Kier molecular flexibility index (Phi) is 3.77. The molecule has 0 N–H and O–H groups in total. The fraction of sp³-hybridized carbons (Fsp3) is 0.611. The molecule has 5 nitrogen and oxygen atoms in total. The van der Waals surface area contributed by atoms with Gasteiger partial charge in [-0.2, -0.15) is 5.10 Å². The van der Waals surface area contributed by atoms with Crippen molar-refractivity contribution in [1.82, 2.24) is 19.2 Å². The van der Waals surface area contributed by atoms with E-state index < -0.39 is 0 Å². The molecule has 2 fully saturated rings. The molecule has 5 heteroatoms. The van der Waals surface area contributed by atoms with Gasteiger partial charge in [0.2, 0.25) is 0 Å². The van der Waals surface area contributed by atoms with Crippen LogP contribution < -0.4 is 0 Å². The molecular weight excluding hydrogens is 288 g/mol. The highest BCUT2D eigenvalue weighted by molar-refractivity contribution is 5.18. The highest BCUT2D eigenvalue weighted by Crippen LogP contribution is 2.37. The maximum absolute atomic E-state index is 6.24. The first kappa shape index (κ1) is 15.0. The lowest BCUT2D eigenvalue weighted by Gasteiger charge is -2.33. The maximum Gasteiger partial charge on any atom is 0.0949 e. The summed E-state index contributed by atoms with van der Waals surface area (Å²) in [4.78, 5) is 2.60. The van der Waals surface area contributed by atoms with Crippen molar-refractivity contribution >= 4 is 0 Å². The van der Waals surface area contributed by atoms with Crippen LogP contribution in [0.2, 0.25) is 0 Å². The van der Waals surface area contributed by atoms with Crippen molar-refractivity contribution in [2.24, 2.45) is 7.05 Å². The lowest BCUT2D eigenvalue weighted by atomic mass is 10.0. The van der Waals surface area contributed by atoms with Gasteiger partial charge >= 0.3 is 0 Å². The first-order chi connectivity index (χ1) is 11.1. The molecule has 2 saturated heterocycles. The molecule has 4 heterocycles. The van der Waals surface area contributed by atoms with Gasteiger partial charge in [-0.25, -0.2) is 0 Å². The molecular formula is C18H26N4O. The second kappa shape index (κ2) is 5.80. The summed E-state index contributed by atoms with van der Waals surface area (Å²) < 4.78 is 10.6. The summed E-state index contributed by atoms with van der Waals surface area (Å²) in [5.41, 5.74) is 3.96. The Morgan fingerprint density at radius 3 is 2.70 bits per heavy atom. The summed E-state index contributed by atoms with van der Waals surface area (Å²) in [7, 11) is 1.98. The SMILES string of the molecule is Cc1ccc(C)n1[C@@H]1CN(Cc2cnn(C)c2)[C@@H]2CCCO[C@@H]21. The number of nitrogens with zero attached hydrogens (tertiary/aromatic N) is 4. The Labute approximate surface area is 137 Å². The summed E-state index contributed by atoms with van der Waals surface area (Å²) in [6.07, 6.45) is 6.82. The molecule has 0 spiro atoms. The van der Waals surface area contributed by atoms with Crippen LogP contribution in [0, 0.1) is 13.8 Å². The highest BCUT2D eigenvalue weighted by atomic mass is 16.5. The third-order valence-electron chi connectivity index (χ3n) is 5.40. The van der Waals surface area contributed by atoms with Crippen molar-refractivity contribution in [1.29, 1.82) is 0 Å². The molecule has 0 bridgehead atoms. The second-order valence-corrected chi connectivity index (χ2v) is 7.05. The van der Waals surface area contributed by atoms with E-state index in [1.807, 2.05) is 17.9 Å². The smallest absolute Gasteiger partial charge is 0.0949 e. The van der Waals surface area contributed by atoms with Crippen LogP contribution in [0.25, 0.3) is 0 Å². The third kappa shape index (κ3) is 2.62. The zero-order valence-corrected chi connectivity index (χ0v) is 14.3. The van der Waals surface area contributed by atoms with Gasteiger partial charge in [-0.05, 0) is 38.8 Å². The van der Waals surface area contributed by atoms with Crippen LogP contribution in [-0.4, -0.2) is 44.5 Å². The molecule has 0 amide bonds. The summed E-state index contributed by atoms with van der Waals surface area (Å²) in [6, 6.07) is 5.38. The number of hydrogen-bond donors (Lipinski definition) is 0. The number of hydrogen-bond acceptors (Lipinski definition) is 3. The van der Waals surface area contributed by atoms with Gasteiger partial charge in [0.1, 0.15) is 0 Å². The fourth-order valence-electron chi connectivity index (χ4n) is 4.43. The fourth-order valence-corrected chi connectivity index (χ4v) is 4.43. The minimum Gasteiger partial charge on any atom is -0.374 e. The number of aromatic nitrogens is 3. The second-order valence-electron chi connectivity index (χ2n) is 7.05. The van der Waals surface area contributed by atoms with Crippen molar-refractivity contribution in [3.05, 3.63) is 41.5 Å². The van der Waals surface area contributed by atoms with E-state index in [1.165, 1.54) is 29.8 Å². The zero-order chi connectivity index (χ0) is 16.0. The van der Waals surface area contributed by atoms with Crippen molar-refractivity contribution in [2.75, 3.05) is 13.2 Å². The Morgan fingerprint density at radius 1 is 1.22 bits per heavy atom. The zero-order valence-electron chi connectivity index (χ0n) is 14.3. The molecule has 2 aromatic heterocycles. The summed E-state index contributed by atoms with van der Waals surface area (Å²) in [6.45, 7) is 7.33. The standard InChI is InChI=1S/C18H26N4O/c1-13-6-7-14(2)22(13)17-12-21(11-15-9-19-20(3)10-15)16-5-4-8-23-18(16)17/h6-7,9-10,16-18H,4-5,8,11-12H2,1-3H3/t16-,17-,18+/m1/s1. The number of aryl methyl sites for hydroxylation is 3. The van der Waals surface area contributed by atoms with Crippen LogP contribution in [0.1, 0.15) is 35.8 Å². The largest absolute Gasteiger partial charge is 0.374 e. The lowest BCUT2D eigenvalue weighted by molar-refractivity contribution is -0.0270. The molecule has 23 heavy (non-hydrogen) atoms. The van der Waals surface area contributed by atoms with E-state index in [1.54, 1.807) is 0 Å². The van der Waals surface area contributed by atoms with Gasteiger partial charge < -0.3 is 9.30 Å². The molecule has 124 valence electrons. The molecule has 0 aromatic carbocycles. The Hall–Kier alpha value is -1.59. The van der Waals surface area contributed by atoms with Crippen LogP contribution in [0.4, 0.5) is 0 Å². The van der Waals surface area contributed by atoms with E-state index in [2.05, 4.69) is 46.7 Å². The van der Waals surface area contributed by atoms with Crippen LogP contribution in [0.3, 0.4) is 0 Å². The van der Waals surface area contributed by atoms with Crippen LogP contribution in [0.5, 0.6) is 0 Å². The van der Waals surface area contributed by atoms with Gasteiger partial charge in [0.05, 0.1) is 18.3 Å². The van der Waals surface area contributed by atoms with Gasteiger partial charge in [0.25, 0.3) is 0 Å². The third-order valence-corrected chi connectivity index (χ3v) is 5.40. The van der Waals surface area contributed by atoms with E-state index in [9.17, 15) is 0 Å². The number of ether oxygens (including phenoxy) is 1. The van der Waals surface area contributed by atoms with Gasteiger partial charge in [-0.15, -0.1) is 0 Å². The molecule has 2 aromatic rings. The monoisotopic (exact) mass is 314 g/mol. The summed E-state index contributed by atoms with van der Waals surface area (Å²) >= 11 is 0. The molecule has 4 rings (SSSR count). The van der Waals surface area contributed by atoms with Crippen molar-refractivity contribution in [3.8, 4) is 0 Å². The van der Waals surface area contributed by atoms with Crippen molar-refractivity contribution < 1.29 is 4.74 Å². The summed E-state index contributed by atoms with van der Waals surface area (Å²) in [5.74, 6) is 0. The Bertz CT molecular complexity index is 670. The van der Waals surface area contributed by atoms with Gasteiger partial charge in [0, 0.05) is 55.9 Å². The average Bonchev–Trinajstić information content (AvgIpc) is 3.20. The number of rotatable bonds is 3. The van der Waals surface area contributed by atoms with Crippen molar-refractivity contribution in [2.45, 2.75) is 51.4 Å². The minimum absolute atomic E-state index is 0.310. The molecule has 0 aliphatic carbocycles. The molecule has 0 unspecified atom stereocenters. The topological polar surface area (TPSA) is 35.2 Å². The normalized spacial score (nSPS) is 28.2. The predicted octanol–water partition coefficient (Wildman–Crippen LogP) is 2.44. The van der Waals surface area contributed by atoms with Gasteiger partial charge in [0.15, 0.2) is 0 Å². The van der Waals surface area contributed by atoms with E-state index in [0.29, 0.717) is 18.2 Å². The molecule has 0 saturated carbocycles. The first-order valence-corrected chi connectivity index (χ1v) is 8.61. The number of fused-ring (bicyclic) bond motifs is 1. The maximum atomic E-state index is 6.24. The predicted molar refractivity (Wildman–Crippen MR) is 89.3 cm³/mol. The van der Waals surface area contributed by atoms with Gasteiger partial charge in [-0.1, -0.05) is 0 Å². The van der Waals surface area contributed by atoms with E-state index in [0.717, 1.165) is 19.7 Å². The van der Waals surface area contributed by atoms with Crippen LogP contribution in [-0.2, 0) is 18.3 Å². The average molecular weight is 314 g/mol. The highest BCUT2D eigenvalue weighted by Gasteiger charge is 2.45. The van der Waals surface area contributed by atoms with Crippen LogP contribution >= 0.6 is 0 Å². The quantitative estimate of drug-likeness (QED) is 0.873. The van der Waals surface area contributed by atoms with E-state index in [-0.39, 0.29) is 0 Å². The Balaban J connectivity index is 1.61. The number of likely N-dealkylation sites (tertiary alicyclic amines) is 1. The van der Waals surface area contributed by atoms with E-state index >= 15 is 0 Å². The minimum atomic E-state index is 0.310. The molecule has 2 aliphatic rings. The lowest BCUT2D eigenvalue weighted by Crippen LogP contribution is -2.40. The van der Waals surface area contributed by atoms with Crippen LogP contribution in [0.15, 0.2) is 24.5 Å². The van der Waals surface area contributed by atoms with Gasteiger partial charge in [-0.3, -0.25) is 9.58 Å².